The molecule has 2 aliphatic rings. The number of hydrogen-bond donors (Lipinski definition) is 2. The average molecular weight is 711 g/mol. The Morgan fingerprint density at radius 3 is 2.50 bits per heavy atom. The van der Waals surface area contributed by atoms with Gasteiger partial charge in [-0.05, 0) is 104 Å². The first kappa shape index (κ1) is 37.4. The lowest BCUT2D eigenvalue weighted by Gasteiger charge is -2.37. The van der Waals surface area contributed by atoms with E-state index in [1.807, 2.05) is 25.3 Å². The highest BCUT2D eigenvalue weighted by Crippen LogP contribution is 2.51. The van der Waals surface area contributed by atoms with Gasteiger partial charge in [-0.1, -0.05) is 32.0 Å². The van der Waals surface area contributed by atoms with Crippen molar-refractivity contribution in [3.63, 3.8) is 0 Å². The number of piperazine rings is 1. The molecule has 1 saturated heterocycles. The number of carboxylic acid groups (broad SMARTS) is 1. The number of fused-ring (bicyclic) bond motifs is 1. The molecule has 10 nitrogen and oxygen atoms in total. The van der Waals surface area contributed by atoms with Crippen molar-refractivity contribution < 1.29 is 29.3 Å². The number of nitrogens with zero attached hydrogens (tertiary/aromatic N) is 4. The van der Waals surface area contributed by atoms with Crippen LogP contribution in [-0.2, 0) is 38.6 Å². The number of aromatic nitrogens is 2. The number of benzene rings is 2. The molecule has 278 valence electrons. The normalized spacial score (nSPS) is 18.1. The van der Waals surface area contributed by atoms with Crippen LogP contribution in [-0.4, -0.2) is 72.1 Å². The van der Waals surface area contributed by atoms with Gasteiger partial charge in [0.05, 0.1) is 29.4 Å². The van der Waals surface area contributed by atoms with E-state index in [1.165, 1.54) is 22.0 Å². The Kier molecular flexibility index (Phi) is 11.6. The molecule has 4 aromatic rings. The topological polar surface area (TPSA) is 117 Å². The molecule has 0 radical (unpaired) electrons. The summed E-state index contributed by atoms with van der Waals surface area (Å²) >= 11 is 0. The highest BCUT2D eigenvalue weighted by Gasteiger charge is 2.38. The summed E-state index contributed by atoms with van der Waals surface area (Å²) in [5.41, 5.74) is 9.58. The van der Waals surface area contributed by atoms with E-state index in [2.05, 4.69) is 71.5 Å². The van der Waals surface area contributed by atoms with Gasteiger partial charge in [0, 0.05) is 75.0 Å². The summed E-state index contributed by atoms with van der Waals surface area (Å²) in [7, 11) is 1.73. The van der Waals surface area contributed by atoms with Crippen LogP contribution in [0.1, 0.15) is 87.8 Å². The van der Waals surface area contributed by atoms with E-state index in [-0.39, 0.29) is 31.2 Å². The predicted octanol–water partition coefficient (Wildman–Crippen LogP) is 7.35. The van der Waals surface area contributed by atoms with Gasteiger partial charge in [0.25, 0.3) is 6.47 Å². The molecule has 0 amide bonds. The molecule has 0 unspecified atom stereocenters. The third kappa shape index (κ3) is 8.13. The monoisotopic (exact) mass is 710 g/mol. The van der Waals surface area contributed by atoms with Gasteiger partial charge in [-0.3, -0.25) is 14.6 Å². The lowest BCUT2D eigenvalue weighted by molar-refractivity contribution is -0.137. The molecule has 2 aromatic carbocycles. The van der Waals surface area contributed by atoms with E-state index in [1.54, 1.807) is 7.11 Å². The Morgan fingerprint density at radius 2 is 1.83 bits per heavy atom. The Hall–Kier alpha value is -4.41. The van der Waals surface area contributed by atoms with E-state index < -0.39 is 5.97 Å². The fourth-order valence-corrected chi connectivity index (χ4v) is 7.97. The summed E-state index contributed by atoms with van der Waals surface area (Å²) in [4.78, 5) is 31.7. The number of pyridine rings is 1. The number of aliphatic hydroxyl groups is 1. The van der Waals surface area contributed by atoms with Crippen LogP contribution in [0.4, 0.5) is 11.4 Å². The van der Waals surface area contributed by atoms with Gasteiger partial charge in [0.1, 0.15) is 6.61 Å². The fourth-order valence-electron chi connectivity index (χ4n) is 7.97. The minimum absolute atomic E-state index is 0.0656. The van der Waals surface area contributed by atoms with Crippen LogP contribution in [0.3, 0.4) is 0 Å². The molecule has 2 N–H and O–H groups in total. The van der Waals surface area contributed by atoms with Crippen LogP contribution in [0.25, 0.3) is 22.2 Å². The van der Waals surface area contributed by atoms with E-state index in [4.69, 9.17) is 19.6 Å². The summed E-state index contributed by atoms with van der Waals surface area (Å²) < 4.78 is 13.3. The number of hydrogen-bond acceptors (Lipinski definition) is 8. The summed E-state index contributed by atoms with van der Waals surface area (Å²) in [6.45, 7) is 13.4. The molecule has 10 heteroatoms. The predicted molar refractivity (Wildman–Crippen MR) is 205 cm³/mol. The average Bonchev–Trinajstić information content (AvgIpc) is 3.87. The minimum atomic E-state index is -0.726. The number of aliphatic carboxylic acids is 1. The largest absolute Gasteiger partial charge is 0.481 e. The Bertz CT molecular complexity index is 1880. The molecule has 3 atom stereocenters. The molecule has 3 heterocycles. The van der Waals surface area contributed by atoms with Crippen molar-refractivity contribution in [1.29, 1.82) is 0 Å². The SMILES string of the molecule is CCn1c(-c2cc(N3CCN(c4cccc(COC=O)c4)CC3)cnc2[C@H](C)OC)c(CC(C)(C)CO)c2cc([C@@H]3C[C@H]3CCCC(=O)O)ccc21. The van der Waals surface area contributed by atoms with Gasteiger partial charge >= 0.3 is 5.97 Å². The summed E-state index contributed by atoms with van der Waals surface area (Å²) in [5, 5.41) is 20.8. The minimum Gasteiger partial charge on any atom is -0.481 e. The number of carbonyl (C=O) groups excluding carboxylic acids is 1. The molecule has 2 aromatic heterocycles. The van der Waals surface area contributed by atoms with Crippen molar-refractivity contribution in [1.82, 2.24) is 9.55 Å². The van der Waals surface area contributed by atoms with Gasteiger partial charge in [0.2, 0.25) is 0 Å². The first-order valence-corrected chi connectivity index (χ1v) is 18.7. The maximum absolute atomic E-state index is 11.1. The molecule has 1 aliphatic heterocycles. The van der Waals surface area contributed by atoms with Crippen molar-refractivity contribution in [3.05, 3.63) is 77.1 Å². The van der Waals surface area contributed by atoms with Crippen molar-refractivity contribution in [2.24, 2.45) is 11.3 Å². The van der Waals surface area contributed by atoms with Crippen molar-refractivity contribution >= 4 is 34.7 Å². The standard InChI is InChI=1S/C42H54N4O6/c1-6-46-38-14-13-31(34-20-30(34)10-8-12-39(49)50)21-35(38)37(23-42(3,4)26-47)41(46)36-22-33(24-43-40(36)28(2)51-5)45-17-15-44(16-18-45)32-11-7-9-29(19-32)25-52-27-48/h7,9,11,13-14,19,21-22,24,27-28,30,34,47H,6,8,10,12,15-18,20,23,25-26H2,1-5H3,(H,49,50)/t28-,30+,34+/m0/s1. The third-order valence-corrected chi connectivity index (χ3v) is 11.0. The van der Waals surface area contributed by atoms with Gasteiger partial charge in [-0.2, -0.15) is 0 Å². The molecule has 1 aliphatic carbocycles. The highest BCUT2D eigenvalue weighted by molar-refractivity contribution is 5.93. The maximum Gasteiger partial charge on any atom is 0.303 e. The number of ether oxygens (including phenoxy) is 2. The lowest BCUT2D eigenvalue weighted by Crippen LogP contribution is -2.46. The number of carboxylic acids is 1. The number of aliphatic hydroxyl groups excluding tert-OH is 1. The number of aryl methyl sites for hydroxylation is 1. The zero-order valence-electron chi connectivity index (χ0n) is 31.3. The zero-order valence-corrected chi connectivity index (χ0v) is 31.3. The van der Waals surface area contributed by atoms with Crippen LogP contribution in [0.5, 0.6) is 0 Å². The second kappa shape index (κ2) is 16.1. The van der Waals surface area contributed by atoms with Crippen molar-refractivity contribution in [3.8, 4) is 11.3 Å². The van der Waals surface area contributed by atoms with Crippen molar-refractivity contribution in [2.45, 2.75) is 85.0 Å². The summed E-state index contributed by atoms with van der Waals surface area (Å²) in [6, 6.07) is 17.4. The molecule has 6 rings (SSSR count). The van der Waals surface area contributed by atoms with E-state index >= 15 is 0 Å². The van der Waals surface area contributed by atoms with Gasteiger partial charge in [0.15, 0.2) is 0 Å². The molecule has 2 fully saturated rings. The smallest absolute Gasteiger partial charge is 0.303 e. The van der Waals surface area contributed by atoms with Crippen LogP contribution in [0.2, 0.25) is 0 Å². The molecule has 0 spiro atoms. The first-order chi connectivity index (χ1) is 25.1. The fraction of sp³-hybridized carbons (Fsp3) is 0.500. The number of anilines is 2. The van der Waals surface area contributed by atoms with E-state index in [0.717, 1.165) is 85.9 Å². The van der Waals surface area contributed by atoms with Crippen LogP contribution in [0.15, 0.2) is 54.7 Å². The molecule has 52 heavy (non-hydrogen) atoms. The quantitative estimate of drug-likeness (QED) is 0.109. The zero-order chi connectivity index (χ0) is 37.0. The number of methoxy groups -OCH3 is 1. The second-order valence-electron chi connectivity index (χ2n) is 15.3. The first-order valence-electron chi connectivity index (χ1n) is 18.7. The number of rotatable bonds is 17. The second-order valence-corrected chi connectivity index (χ2v) is 15.3. The number of carbonyl (C=O) groups is 2. The van der Waals surface area contributed by atoms with Crippen LogP contribution < -0.4 is 9.80 Å². The lowest BCUT2D eigenvalue weighted by atomic mass is 9.84. The molecule has 1 saturated carbocycles. The highest BCUT2D eigenvalue weighted by atomic mass is 16.5. The van der Waals surface area contributed by atoms with E-state index in [9.17, 15) is 14.7 Å². The Morgan fingerprint density at radius 1 is 1.08 bits per heavy atom. The van der Waals surface area contributed by atoms with Crippen molar-refractivity contribution in [2.75, 3.05) is 49.7 Å². The Balaban J connectivity index is 1.37. The summed E-state index contributed by atoms with van der Waals surface area (Å²) in [5.74, 6) is 0.249. The van der Waals surface area contributed by atoms with Crippen LogP contribution in [0, 0.1) is 11.3 Å². The molecular formula is C42H54N4O6. The van der Waals surface area contributed by atoms with Crippen LogP contribution >= 0.6 is 0 Å². The third-order valence-electron chi connectivity index (χ3n) is 11.0. The molecule has 0 bridgehead atoms. The summed E-state index contributed by atoms with van der Waals surface area (Å²) in [6.07, 6.45) is 5.42. The Labute approximate surface area is 307 Å². The maximum atomic E-state index is 11.1. The van der Waals surface area contributed by atoms with Gasteiger partial charge < -0.3 is 34.1 Å². The molecular weight excluding hydrogens is 656 g/mol. The van der Waals surface area contributed by atoms with Gasteiger partial charge in [-0.15, -0.1) is 0 Å². The van der Waals surface area contributed by atoms with E-state index in [0.29, 0.717) is 24.7 Å². The van der Waals surface area contributed by atoms with Gasteiger partial charge in [-0.25, -0.2) is 0 Å².